The molecule has 0 saturated carbocycles. The molecule has 1 rings (SSSR count). The fourth-order valence-corrected chi connectivity index (χ4v) is 2.21. The topological polar surface area (TPSA) is 64.0 Å². The van der Waals surface area contributed by atoms with Gasteiger partial charge in [0, 0.05) is 38.3 Å². The third-order valence-electron chi connectivity index (χ3n) is 2.95. The maximum atomic E-state index is 10.8. The molecule has 1 heterocycles. The number of amides is 1. The third kappa shape index (κ3) is 3.07. The Balaban J connectivity index is 2.52. The van der Waals surface area contributed by atoms with Crippen LogP contribution < -0.4 is 0 Å². The highest BCUT2D eigenvalue weighted by Crippen LogP contribution is 2.15. The van der Waals surface area contributed by atoms with Gasteiger partial charge in [-0.15, -0.1) is 0 Å². The summed E-state index contributed by atoms with van der Waals surface area (Å²) in [6.45, 7) is 6.22. The molecule has 2 N–H and O–H groups in total. The number of hydrogen-bond acceptors (Lipinski definition) is 3. The van der Waals surface area contributed by atoms with E-state index >= 15 is 0 Å². The second-order valence-corrected chi connectivity index (χ2v) is 4.20. The van der Waals surface area contributed by atoms with Crippen molar-refractivity contribution >= 4 is 6.09 Å². The number of rotatable bonds is 3. The summed E-state index contributed by atoms with van der Waals surface area (Å²) in [6, 6.07) is 0.466. The number of carbonyl (C=O) groups is 1. The van der Waals surface area contributed by atoms with Crippen LogP contribution in [0.3, 0.4) is 0 Å². The lowest BCUT2D eigenvalue weighted by atomic mass is 10.1. The first-order valence-electron chi connectivity index (χ1n) is 5.40. The normalized spacial score (nSPS) is 28.1. The van der Waals surface area contributed by atoms with Crippen molar-refractivity contribution in [1.29, 1.82) is 0 Å². The third-order valence-corrected chi connectivity index (χ3v) is 2.95. The van der Waals surface area contributed by atoms with Crippen molar-refractivity contribution in [2.45, 2.75) is 32.4 Å². The average Bonchev–Trinajstić information content (AvgIpc) is 2.16. The molecule has 5 heteroatoms. The van der Waals surface area contributed by atoms with Crippen molar-refractivity contribution in [3.05, 3.63) is 0 Å². The summed E-state index contributed by atoms with van der Waals surface area (Å²) in [5.74, 6) is 0. The van der Waals surface area contributed by atoms with Gasteiger partial charge < -0.3 is 15.1 Å². The Morgan fingerprint density at radius 2 is 1.87 bits per heavy atom. The van der Waals surface area contributed by atoms with E-state index in [0.717, 1.165) is 13.0 Å². The summed E-state index contributed by atoms with van der Waals surface area (Å²) >= 11 is 0. The molecule has 88 valence electrons. The quantitative estimate of drug-likeness (QED) is 0.718. The highest BCUT2D eigenvalue weighted by Gasteiger charge is 2.30. The van der Waals surface area contributed by atoms with Crippen molar-refractivity contribution < 1.29 is 15.0 Å². The van der Waals surface area contributed by atoms with Gasteiger partial charge in [0.15, 0.2) is 0 Å². The smallest absolute Gasteiger partial charge is 0.407 e. The van der Waals surface area contributed by atoms with Crippen LogP contribution in [0, 0.1) is 0 Å². The number of aliphatic hydroxyl groups is 1. The number of aliphatic hydroxyl groups excluding tert-OH is 1. The van der Waals surface area contributed by atoms with E-state index in [9.17, 15) is 4.79 Å². The fourth-order valence-electron chi connectivity index (χ4n) is 2.21. The zero-order valence-corrected chi connectivity index (χ0v) is 9.39. The van der Waals surface area contributed by atoms with Gasteiger partial charge in [-0.3, -0.25) is 4.90 Å². The van der Waals surface area contributed by atoms with Crippen LogP contribution in [0.4, 0.5) is 4.79 Å². The van der Waals surface area contributed by atoms with E-state index in [4.69, 9.17) is 10.2 Å². The molecule has 0 bridgehead atoms. The minimum Gasteiger partial charge on any atom is -0.465 e. The van der Waals surface area contributed by atoms with E-state index in [1.54, 1.807) is 0 Å². The summed E-state index contributed by atoms with van der Waals surface area (Å²) in [7, 11) is 0. The van der Waals surface area contributed by atoms with Gasteiger partial charge in [-0.25, -0.2) is 4.79 Å². The molecule has 1 aliphatic rings. The SMILES string of the molecule is CC1CN(C(=O)O)CC(C)N1CCCO. The Labute approximate surface area is 90.3 Å². The van der Waals surface area contributed by atoms with Crippen LogP contribution in [0.15, 0.2) is 0 Å². The summed E-state index contributed by atoms with van der Waals surface area (Å²) in [5, 5.41) is 17.7. The van der Waals surface area contributed by atoms with Crippen molar-refractivity contribution in [2.24, 2.45) is 0 Å². The molecule has 15 heavy (non-hydrogen) atoms. The first kappa shape index (κ1) is 12.3. The average molecular weight is 216 g/mol. The molecule has 2 atom stereocenters. The molecule has 0 aromatic carbocycles. The van der Waals surface area contributed by atoms with Gasteiger partial charge in [0.05, 0.1) is 0 Å². The summed E-state index contributed by atoms with van der Waals surface area (Å²) in [4.78, 5) is 14.6. The van der Waals surface area contributed by atoms with Crippen molar-refractivity contribution in [2.75, 3.05) is 26.2 Å². The van der Waals surface area contributed by atoms with E-state index in [1.165, 1.54) is 4.90 Å². The highest BCUT2D eigenvalue weighted by molar-refractivity contribution is 5.65. The van der Waals surface area contributed by atoms with Crippen LogP contribution in [0.5, 0.6) is 0 Å². The van der Waals surface area contributed by atoms with Crippen LogP contribution in [0.25, 0.3) is 0 Å². The van der Waals surface area contributed by atoms with Crippen LogP contribution in [0.1, 0.15) is 20.3 Å². The number of hydrogen-bond donors (Lipinski definition) is 2. The molecule has 2 unspecified atom stereocenters. The van der Waals surface area contributed by atoms with Gasteiger partial charge in [-0.1, -0.05) is 0 Å². The fraction of sp³-hybridized carbons (Fsp3) is 0.900. The Morgan fingerprint density at radius 1 is 1.33 bits per heavy atom. The Hall–Kier alpha value is -0.810. The van der Waals surface area contributed by atoms with Crippen molar-refractivity contribution in [1.82, 2.24) is 9.80 Å². The Bertz CT molecular complexity index is 211. The minimum absolute atomic E-state index is 0.193. The number of carboxylic acid groups (broad SMARTS) is 1. The second-order valence-electron chi connectivity index (χ2n) is 4.20. The van der Waals surface area contributed by atoms with Crippen molar-refractivity contribution in [3.63, 3.8) is 0 Å². The minimum atomic E-state index is -0.837. The molecule has 1 saturated heterocycles. The molecule has 0 aromatic heterocycles. The second kappa shape index (κ2) is 5.32. The number of piperazine rings is 1. The lowest BCUT2D eigenvalue weighted by molar-refractivity contribution is 0.0366. The first-order chi connectivity index (χ1) is 7.06. The lowest BCUT2D eigenvalue weighted by Crippen LogP contribution is -2.57. The maximum absolute atomic E-state index is 10.8. The van der Waals surface area contributed by atoms with E-state index in [0.29, 0.717) is 13.1 Å². The monoisotopic (exact) mass is 216 g/mol. The van der Waals surface area contributed by atoms with Crippen molar-refractivity contribution in [3.8, 4) is 0 Å². The largest absolute Gasteiger partial charge is 0.465 e. The van der Waals surface area contributed by atoms with Gasteiger partial charge in [0.1, 0.15) is 0 Å². The van der Waals surface area contributed by atoms with Gasteiger partial charge in [-0.2, -0.15) is 0 Å². The number of nitrogens with zero attached hydrogens (tertiary/aromatic N) is 2. The van der Waals surface area contributed by atoms with Gasteiger partial charge in [0.2, 0.25) is 0 Å². The lowest BCUT2D eigenvalue weighted by Gasteiger charge is -2.43. The maximum Gasteiger partial charge on any atom is 0.407 e. The van der Waals surface area contributed by atoms with Crippen LogP contribution >= 0.6 is 0 Å². The molecule has 5 nitrogen and oxygen atoms in total. The molecular formula is C10H20N2O3. The van der Waals surface area contributed by atoms with Crippen LogP contribution in [-0.4, -0.2) is 64.4 Å². The predicted octanol–water partition coefficient (Wildman–Crippen LogP) is 0.441. The molecule has 0 aliphatic carbocycles. The van der Waals surface area contributed by atoms with Gasteiger partial charge in [-0.05, 0) is 20.3 Å². The van der Waals surface area contributed by atoms with E-state index in [-0.39, 0.29) is 18.7 Å². The highest BCUT2D eigenvalue weighted by atomic mass is 16.4. The summed E-state index contributed by atoms with van der Waals surface area (Å²) < 4.78 is 0. The molecule has 0 aromatic rings. The molecule has 1 fully saturated rings. The van der Waals surface area contributed by atoms with Gasteiger partial charge in [0.25, 0.3) is 0 Å². The molecule has 0 radical (unpaired) electrons. The molecule has 1 amide bonds. The van der Waals surface area contributed by atoms with E-state index < -0.39 is 6.09 Å². The first-order valence-corrected chi connectivity index (χ1v) is 5.40. The van der Waals surface area contributed by atoms with Gasteiger partial charge >= 0.3 is 6.09 Å². The summed E-state index contributed by atoms with van der Waals surface area (Å²) in [5.41, 5.74) is 0. The molecule has 1 aliphatic heterocycles. The van der Waals surface area contributed by atoms with Crippen LogP contribution in [-0.2, 0) is 0 Å². The Kier molecular flexibility index (Phi) is 4.35. The zero-order chi connectivity index (χ0) is 11.4. The predicted molar refractivity (Wildman–Crippen MR) is 56.9 cm³/mol. The molecule has 0 spiro atoms. The zero-order valence-electron chi connectivity index (χ0n) is 9.39. The standard InChI is InChI=1S/C10H20N2O3/c1-8-6-11(10(14)15)7-9(2)12(8)4-3-5-13/h8-9,13H,3-7H2,1-2H3,(H,14,15). The summed E-state index contributed by atoms with van der Waals surface area (Å²) in [6.07, 6.45) is -0.0858. The van der Waals surface area contributed by atoms with E-state index in [1.807, 2.05) is 13.8 Å². The van der Waals surface area contributed by atoms with Crippen LogP contribution in [0.2, 0.25) is 0 Å². The van der Waals surface area contributed by atoms with E-state index in [2.05, 4.69) is 4.90 Å². The molecular weight excluding hydrogens is 196 g/mol. The Morgan fingerprint density at radius 3 is 2.27 bits per heavy atom.